The zero-order chi connectivity index (χ0) is 13.8. The number of aliphatic hydroxyl groups is 1. The Morgan fingerprint density at radius 1 is 1.11 bits per heavy atom. The lowest BCUT2D eigenvalue weighted by Gasteiger charge is -2.14. The van der Waals surface area contributed by atoms with Gasteiger partial charge in [0.05, 0.1) is 5.56 Å². The van der Waals surface area contributed by atoms with Crippen molar-refractivity contribution in [2.24, 2.45) is 0 Å². The van der Waals surface area contributed by atoms with Crippen molar-refractivity contribution < 1.29 is 18.6 Å². The largest absolute Gasteiger partial charge is 0.490 e. The third-order valence-electron chi connectivity index (χ3n) is 2.54. The summed E-state index contributed by atoms with van der Waals surface area (Å²) in [4.78, 5) is 0. The van der Waals surface area contributed by atoms with Crippen LogP contribution in [0.2, 0.25) is 5.02 Å². The molecule has 0 bridgehead atoms. The van der Waals surface area contributed by atoms with E-state index >= 15 is 0 Å². The summed E-state index contributed by atoms with van der Waals surface area (Å²) >= 11 is 5.77. The minimum Gasteiger partial charge on any atom is -0.490 e. The predicted octanol–water partition coefficient (Wildman–Crippen LogP) is 3.73. The molecule has 100 valence electrons. The van der Waals surface area contributed by atoms with E-state index in [9.17, 15) is 13.9 Å². The average Bonchev–Trinajstić information content (AvgIpc) is 2.36. The first-order valence-corrected chi connectivity index (χ1v) is 5.96. The van der Waals surface area contributed by atoms with Crippen LogP contribution >= 0.6 is 11.6 Å². The van der Waals surface area contributed by atoms with Crippen molar-refractivity contribution in [3.63, 3.8) is 0 Å². The second-order valence-electron chi connectivity index (χ2n) is 3.92. The van der Waals surface area contributed by atoms with E-state index in [1.165, 1.54) is 6.07 Å². The Morgan fingerprint density at radius 2 is 1.74 bits per heavy atom. The van der Waals surface area contributed by atoms with Crippen molar-refractivity contribution in [1.82, 2.24) is 0 Å². The second kappa shape index (κ2) is 5.99. The summed E-state index contributed by atoms with van der Waals surface area (Å²) in [5.41, 5.74) is -0.399. The monoisotopic (exact) mass is 284 g/mol. The first-order chi connectivity index (χ1) is 9.08. The zero-order valence-corrected chi connectivity index (χ0v) is 10.6. The fraction of sp³-hybridized carbons (Fsp3) is 0.143. The molecule has 5 heteroatoms. The second-order valence-corrected chi connectivity index (χ2v) is 4.36. The fourth-order valence-electron chi connectivity index (χ4n) is 1.64. The van der Waals surface area contributed by atoms with E-state index in [1.54, 1.807) is 24.3 Å². The van der Waals surface area contributed by atoms with Crippen LogP contribution in [0.3, 0.4) is 0 Å². The number of benzene rings is 2. The van der Waals surface area contributed by atoms with Gasteiger partial charge in [0.2, 0.25) is 0 Å². The van der Waals surface area contributed by atoms with Crippen LogP contribution in [-0.2, 0) is 0 Å². The molecule has 19 heavy (non-hydrogen) atoms. The van der Waals surface area contributed by atoms with E-state index in [-0.39, 0.29) is 6.61 Å². The van der Waals surface area contributed by atoms with Gasteiger partial charge in [-0.2, -0.15) is 0 Å². The Bertz CT molecular complexity index is 555. The Hall–Kier alpha value is -1.65. The molecular formula is C14H11ClF2O2. The molecule has 0 fully saturated rings. The molecular weight excluding hydrogens is 274 g/mol. The van der Waals surface area contributed by atoms with Crippen LogP contribution in [0.4, 0.5) is 8.78 Å². The maximum atomic E-state index is 13.4. The molecule has 0 aliphatic heterocycles. The molecule has 0 heterocycles. The summed E-state index contributed by atoms with van der Waals surface area (Å²) < 4.78 is 32.1. The third-order valence-corrected chi connectivity index (χ3v) is 2.77. The van der Waals surface area contributed by atoms with Gasteiger partial charge in [0.25, 0.3) is 0 Å². The summed E-state index contributed by atoms with van der Waals surface area (Å²) in [6, 6.07) is 9.93. The number of ether oxygens (including phenoxy) is 1. The molecule has 0 aromatic heterocycles. The van der Waals surface area contributed by atoms with Gasteiger partial charge in [-0.3, -0.25) is 0 Å². The van der Waals surface area contributed by atoms with Crippen LogP contribution < -0.4 is 4.74 Å². The highest BCUT2D eigenvalue weighted by molar-refractivity contribution is 6.30. The average molecular weight is 285 g/mol. The highest BCUT2D eigenvalue weighted by Crippen LogP contribution is 2.23. The van der Waals surface area contributed by atoms with E-state index in [2.05, 4.69) is 0 Å². The Morgan fingerprint density at radius 3 is 2.37 bits per heavy atom. The summed E-state index contributed by atoms with van der Waals surface area (Å²) in [5.74, 6) is -1.19. The Kier molecular flexibility index (Phi) is 4.35. The number of hydrogen-bond acceptors (Lipinski definition) is 2. The molecule has 2 rings (SSSR count). The number of aliphatic hydroxyl groups excluding tert-OH is 1. The van der Waals surface area contributed by atoms with Crippen LogP contribution in [0.5, 0.6) is 5.75 Å². The predicted molar refractivity (Wildman–Crippen MR) is 68.3 cm³/mol. The van der Waals surface area contributed by atoms with Crippen molar-refractivity contribution in [1.29, 1.82) is 0 Å². The summed E-state index contributed by atoms with van der Waals surface area (Å²) in [6.45, 7) is -0.266. The molecule has 0 aliphatic rings. The summed E-state index contributed by atoms with van der Waals surface area (Å²) in [7, 11) is 0. The Labute approximate surface area is 114 Å². The van der Waals surface area contributed by atoms with Crippen LogP contribution in [0.15, 0.2) is 42.5 Å². The zero-order valence-electron chi connectivity index (χ0n) is 9.82. The number of halogens is 3. The van der Waals surface area contributed by atoms with Crippen LogP contribution in [0.25, 0.3) is 0 Å². The van der Waals surface area contributed by atoms with Crippen molar-refractivity contribution in [3.8, 4) is 5.75 Å². The van der Waals surface area contributed by atoms with Crippen molar-refractivity contribution in [3.05, 3.63) is 64.7 Å². The third kappa shape index (κ3) is 3.43. The van der Waals surface area contributed by atoms with Gasteiger partial charge in [-0.05, 0) is 30.3 Å². The normalized spacial score (nSPS) is 12.2. The maximum absolute atomic E-state index is 13.4. The van der Waals surface area contributed by atoms with Crippen molar-refractivity contribution in [2.75, 3.05) is 6.61 Å². The summed E-state index contributed by atoms with van der Waals surface area (Å²) in [6.07, 6.45) is -1.39. The van der Waals surface area contributed by atoms with E-state index in [0.717, 1.165) is 12.1 Å². The van der Waals surface area contributed by atoms with Gasteiger partial charge in [-0.1, -0.05) is 23.7 Å². The molecule has 0 saturated heterocycles. The first kappa shape index (κ1) is 13.8. The minimum atomic E-state index is -1.39. The highest BCUT2D eigenvalue weighted by Gasteiger charge is 2.18. The van der Waals surface area contributed by atoms with Crippen LogP contribution in [0, 0.1) is 11.6 Å². The molecule has 0 radical (unpaired) electrons. The Balaban J connectivity index is 2.07. The number of rotatable bonds is 4. The molecule has 1 atom stereocenters. The topological polar surface area (TPSA) is 29.5 Å². The first-order valence-electron chi connectivity index (χ1n) is 5.58. The van der Waals surface area contributed by atoms with Crippen LogP contribution in [0.1, 0.15) is 11.7 Å². The molecule has 1 N–H and O–H groups in total. The molecule has 2 aromatic carbocycles. The van der Waals surface area contributed by atoms with Gasteiger partial charge in [0, 0.05) is 5.02 Å². The lowest BCUT2D eigenvalue weighted by molar-refractivity contribution is 0.101. The molecule has 0 spiro atoms. The minimum absolute atomic E-state index is 0.266. The smallest absolute Gasteiger partial charge is 0.132 e. The molecule has 0 aliphatic carbocycles. The van der Waals surface area contributed by atoms with Gasteiger partial charge < -0.3 is 9.84 Å². The number of hydrogen-bond donors (Lipinski definition) is 1. The standard InChI is InChI=1S/C14H11ClF2O2/c15-9-3-1-4-10(7-9)19-8-13(18)14-11(16)5-2-6-12(14)17/h1-7,13,18H,8H2. The fourth-order valence-corrected chi connectivity index (χ4v) is 1.82. The summed E-state index contributed by atoms with van der Waals surface area (Å²) in [5, 5.41) is 10.3. The van der Waals surface area contributed by atoms with E-state index in [1.807, 2.05) is 0 Å². The van der Waals surface area contributed by atoms with Gasteiger partial charge in [-0.15, -0.1) is 0 Å². The van der Waals surface area contributed by atoms with Crippen molar-refractivity contribution >= 4 is 11.6 Å². The van der Waals surface area contributed by atoms with E-state index in [0.29, 0.717) is 10.8 Å². The molecule has 2 nitrogen and oxygen atoms in total. The molecule has 0 saturated carbocycles. The van der Waals surface area contributed by atoms with Gasteiger partial charge in [-0.25, -0.2) is 8.78 Å². The maximum Gasteiger partial charge on any atom is 0.132 e. The van der Waals surface area contributed by atoms with E-state index in [4.69, 9.17) is 16.3 Å². The molecule has 0 amide bonds. The highest BCUT2D eigenvalue weighted by atomic mass is 35.5. The van der Waals surface area contributed by atoms with Crippen LogP contribution in [-0.4, -0.2) is 11.7 Å². The van der Waals surface area contributed by atoms with Crippen molar-refractivity contribution in [2.45, 2.75) is 6.10 Å². The molecule has 1 unspecified atom stereocenters. The van der Waals surface area contributed by atoms with Gasteiger partial charge in [0.15, 0.2) is 0 Å². The SMILES string of the molecule is OC(COc1cccc(Cl)c1)c1c(F)cccc1F. The quantitative estimate of drug-likeness (QED) is 0.927. The molecule has 2 aromatic rings. The van der Waals surface area contributed by atoms with Gasteiger partial charge in [0.1, 0.15) is 30.1 Å². The lowest BCUT2D eigenvalue weighted by atomic mass is 10.1. The van der Waals surface area contributed by atoms with Gasteiger partial charge >= 0.3 is 0 Å². The van der Waals surface area contributed by atoms with E-state index < -0.39 is 23.3 Å². The lowest BCUT2D eigenvalue weighted by Crippen LogP contribution is -2.13.